The zero-order chi connectivity index (χ0) is 13.3. The molecule has 0 fully saturated rings. The minimum atomic E-state index is -4.49. The van der Waals surface area contributed by atoms with E-state index in [0.717, 1.165) is 12.5 Å². The molecule has 0 aliphatic carbocycles. The maximum absolute atomic E-state index is 13.5. The lowest BCUT2D eigenvalue weighted by Gasteiger charge is -2.23. The Morgan fingerprint density at radius 3 is 2.12 bits per heavy atom. The summed E-state index contributed by atoms with van der Waals surface area (Å²) in [4.78, 5) is 0. The highest BCUT2D eigenvalue weighted by Gasteiger charge is 2.31. The fourth-order valence-corrected chi connectivity index (χ4v) is 1.51. The monoisotopic (exact) mass is 248 g/mol. The van der Waals surface area contributed by atoms with Crippen molar-refractivity contribution in [3.63, 3.8) is 0 Å². The van der Waals surface area contributed by atoms with Crippen molar-refractivity contribution in [1.82, 2.24) is 0 Å². The molecule has 0 saturated carbocycles. The van der Waals surface area contributed by atoms with Crippen molar-refractivity contribution in [2.75, 3.05) is 0 Å². The third-order valence-corrected chi connectivity index (χ3v) is 3.01. The van der Waals surface area contributed by atoms with E-state index in [0.29, 0.717) is 18.1 Å². The molecule has 0 saturated heterocycles. The van der Waals surface area contributed by atoms with Crippen LogP contribution in [0.1, 0.15) is 38.3 Å². The molecule has 0 N–H and O–H groups in total. The molecule has 0 nitrogen and oxygen atoms in total. The van der Waals surface area contributed by atoms with Crippen molar-refractivity contribution < 1.29 is 17.6 Å². The predicted molar refractivity (Wildman–Crippen MR) is 59.2 cm³/mol. The molecule has 0 aliphatic rings. The molecular weight excluding hydrogens is 232 g/mol. The molecule has 0 spiro atoms. The number of halogens is 4. The smallest absolute Gasteiger partial charge is 0.207 e. The molecule has 0 aliphatic heterocycles. The summed E-state index contributed by atoms with van der Waals surface area (Å²) in [6, 6.07) is 2.74. The second-order valence-corrected chi connectivity index (χ2v) is 5.00. The molecule has 0 amide bonds. The van der Waals surface area contributed by atoms with Gasteiger partial charge in [-0.15, -0.1) is 0 Å². The maximum atomic E-state index is 13.5. The number of alkyl halides is 3. The van der Waals surface area contributed by atoms with E-state index in [1.165, 1.54) is 6.07 Å². The summed E-state index contributed by atoms with van der Waals surface area (Å²) < 4.78 is 50.6. The van der Waals surface area contributed by atoms with Gasteiger partial charge in [0.1, 0.15) is 5.82 Å². The second-order valence-electron chi connectivity index (χ2n) is 5.00. The van der Waals surface area contributed by atoms with Gasteiger partial charge in [-0.1, -0.05) is 33.3 Å². The number of hydrogen-bond acceptors (Lipinski definition) is 0. The van der Waals surface area contributed by atoms with E-state index in [-0.39, 0.29) is 5.41 Å². The lowest BCUT2D eigenvalue weighted by Crippen LogP contribution is -2.15. The van der Waals surface area contributed by atoms with Gasteiger partial charge in [0.25, 0.3) is 0 Å². The van der Waals surface area contributed by atoms with Gasteiger partial charge in [0.15, 0.2) is 0 Å². The maximum Gasteiger partial charge on any atom is 0.416 e. The van der Waals surface area contributed by atoms with Crippen molar-refractivity contribution in [3.05, 3.63) is 35.1 Å². The first-order valence-electron chi connectivity index (χ1n) is 5.51. The minimum absolute atomic E-state index is 0.111. The van der Waals surface area contributed by atoms with Gasteiger partial charge in [0.2, 0.25) is 0 Å². The van der Waals surface area contributed by atoms with Crippen LogP contribution in [-0.2, 0) is 12.6 Å². The average molecular weight is 248 g/mol. The van der Waals surface area contributed by atoms with Crippen LogP contribution >= 0.6 is 0 Å². The minimum Gasteiger partial charge on any atom is -0.207 e. The summed E-state index contributed by atoms with van der Waals surface area (Å²) >= 11 is 0. The van der Waals surface area contributed by atoms with Crippen LogP contribution in [0.4, 0.5) is 17.6 Å². The van der Waals surface area contributed by atoms with Gasteiger partial charge in [-0.2, -0.15) is 13.2 Å². The van der Waals surface area contributed by atoms with Crippen molar-refractivity contribution in [2.45, 2.75) is 39.8 Å². The first-order chi connectivity index (χ1) is 7.65. The van der Waals surface area contributed by atoms with Crippen molar-refractivity contribution in [3.8, 4) is 0 Å². The summed E-state index contributed by atoms with van der Waals surface area (Å²) in [6.45, 7) is 5.90. The van der Waals surface area contributed by atoms with Crippen LogP contribution in [0, 0.1) is 11.2 Å². The van der Waals surface area contributed by atoms with Crippen LogP contribution in [0.15, 0.2) is 18.2 Å². The first kappa shape index (κ1) is 14.0. The van der Waals surface area contributed by atoms with E-state index in [4.69, 9.17) is 0 Å². The highest BCUT2D eigenvalue weighted by atomic mass is 19.4. The van der Waals surface area contributed by atoms with Crippen LogP contribution < -0.4 is 0 Å². The third kappa shape index (κ3) is 3.72. The van der Waals surface area contributed by atoms with Gasteiger partial charge >= 0.3 is 6.18 Å². The average Bonchev–Trinajstić information content (AvgIpc) is 2.19. The van der Waals surface area contributed by atoms with Gasteiger partial charge < -0.3 is 0 Å². The summed E-state index contributed by atoms with van der Waals surface area (Å²) in [5.74, 6) is -0.777. The molecule has 0 unspecified atom stereocenters. The topological polar surface area (TPSA) is 0 Å². The molecule has 1 aromatic carbocycles. The van der Waals surface area contributed by atoms with Gasteiger partial charge in [-0.25, -0.2) is 4.39 Å². The van der Waals surface area contributed by atoms with Crippen LogP contribution in [0.2, 0.25) is 0 Å². The molecule has 0 radical (unpaired) electrons. The Morgan fingerprint density at radius 1 is 1.12 bits per heavy atom. The molecule has 0 aromatic heterocycles. The quantitative estimate of drug-likeness (QED) is 0.672. The van der Waals surface area contributed by atoms with Crippen LogP contribution in [0.5, 0.6) is 0 Å². The normalized spacial score (nSPS) is 12.9. The molecule has 1 aromatic rings. The van der Waals surface area contributed by atoms with Crippen molar-refractivity contribution in [2.24, 2.45) is 5.41 Å². The van der Waals surface area contributed by atoms with Gasteiger partial charge in [0, 0.05) is 0 Å². The molecule has 4 heteroatoms. The van der Waals surface area contributed by atoms with Gasteiger partial charge in [-0.3, -0.25) is 0 Å². The van der Waals surface area contributed by atoms with Crippen molar-refractivity contribution in [1.29, 1.82) is 0 Å². The summed E-state index contributed by atoms with van der Waals surface area (Å²) in [7, 11) is 0. The highest BCUT2D eigenvalue weighted by molar-refractivity contribution is 5.27. The highest BCUT2D eigenvalue weighted by Crippen LogP contribution is 2.32. The standard InChI is InChI=1S/C13H16F4/c1-4-12(2,3)8-9-5-6-10(7-11(9)14)13(15,16)17/h5-7H,4,8H2,1-3H3. The zero-order valence-electron chi connectivity index (χ0n) is 10.2. The van der Waals surface area contributed by atoms with E-state index in [1.807, 2.05) is 20.8 Å². The largest absolute Gasteiger partial charge is 0.416 e. The van der Waals surface area contributed by atoms with E-state index in [1.54, 1.807) is 0 Å². The molecule has 96 valence electrons. The number of hydrogen-bond donors (Lipinski definition) is 0. The summed E-state index contributed by atoms with van der Waals surface area (Å²) in [5, 5.41) is 0. The Balaban J connectivity index is 2.99. The van der Waals surface area contributed by atoms with E-state index in [9.17, 15) is 17.6 Å². The lowest BCUT2D eigenvalue weighted by molar-refractivity contribution is -0.137. The first-order valence-corrected chi connectivity index (χ1v) is 5.51. The van der Waals surface area contributed by atoms with Gasteiger partial charge in [-0.05, 0) is 29.5 Å². The Labute approximate surface area is 98.6 Å². The van der Waals surface area contributed by atoms with Crippen LogP contribution in [0.25, 0.3) is 0 Å². The Bertz CT molecular complexity index is 391. The number of rotatable bonds is 3. The predicted octanol–water partition coefficient (Wildman–Crippen LogP) is 4.82. The molecule has 1 rings (SSSR count). The Kier molecular flexibility index (Phi) is 3.84. The zero-order valence-corrected chi connectivity index (χ0v) is 10.2. The Hall–Kier alpha value is -1.06. The summed E-state index contributed by atoms with van der Waals surface area (Å²) in [6.07, 6.45) is -3.21. The number of benzene rings is 1. The fraction of sp³-hybridized carbons (Fsp3) is 0.538. The molecule has 0 bridgehead atoms. The molecular formula is C13H16F4. The lowest BCUT2D eigenvalue weighted by atomic mass is 9.83. The fourth-order valence-electron chi connectivity index (χ4n) is 1.51. The SMILES string of the molecule is CCC(C)(C)Cc1ccc(C(F)(F)F)cc1F. The second kappa shape index (κ2) is 4.67. The van der Waals surface area contributed by atoms with E-state index >= 15 is 0 Å². The van der Waals surface area contributed by atoms with E-state index < -0.39 is 17.6 Å². The molecule has 0 atom stereocenters. The molecule has 17 heavy (non-hydrogen) atoms. The van der Waals surface area contributed by atoms with Crippen molar-refractivity contribution >= 4 is 0 Å². The van der Waals surface area contributed by atoms with Crippen LogP contribution in [0.3, 0.4) is 0 Å². The Morgan fingerprint density at radius 2 is 1.71 bits per heavy atom. The van der Waals surface area contributed by atoms with Gasteiger partial charge in [0.05, 0.1) is 5.56 Å². The molecule has 0 heterocycles. The summed E-state index contributed by atoms with van der Waals surface area (Å²) in [5.41, 5.74) is -0.710. The van der Waals surface area contributed by atoms with E-state index in [2.05, 4.69) is 0 Å². The van der Waals surface area contributed by atoms with Crippen LogP contribution in [-0.4, -0.2) is 0 Å². The third-order valence-electron chi connectivity index (χ3n) is 3.01.